The fourth-order valence-corrected chi connectivity index (χ4v) is 4.44. The van der Waals surface area contributed by atoms with Crippen LogP contribution in [0.5, 0.6) is 0 Å². The lowest BCUT2D eigenvalue weighted by molar-refractivity contribution is -0.136. The summed E-state index contributed by atoms with van der Waals surface area (Å²) in [4.78, 5) is 15.4. The Morgan fingerprint density at radius 2 is 2.06 bits per heavy atom. The number of halogens is 1. The molecule has 6 heteroatoms. The number of benzene rings is 2. The smallest absolute Gasteiger partial charge is 0.307 e. The Labute approximate surface area is 187 Å². The molecule has 3 aromatic rings. The Kier molecular flexibility index (Phi) is 6.81. The Balaban J connectivity index is 1.48. The summed E-state index contributed by atoms with van der Waals surface area (Å²) in [5.74, 6) is -0.879. The number of aliphatic carboxylic acids is 1. The Morgan fingerprint density at radius 1 is 1.25 bits per heavy atom. The van der Waals surface area contributed by atoms with Gasteiger partial charge >= 0.3 is 5.97 Å². The first-order chi connectivity index (χ1) is 15.5. The van der Waals surface area contributed by atoms with Gasteiger partial charge in [0, 0.05) is 24.6 Å². The molecule has 0 fully saturated rings. The van der Waals surface area contributed by atoms with Crippen molar-refractivity contribution in [1.29, 1.82) is 0 Å². The van der Waals surface area contributed by atoms with Crippen molar-refractivity contribution < 1.29 is 14.3 Å². The van der Waals surface area contributed by atoms with Gasteiger partial charge in [-0.3, -0.25) is 9.78 Å². The quantitative estimate of drug-likeness (QED) is 0.494. The Bertz CT molecular complexity index is 1090. The number of hydrogen-bond donors (Lipinski definition) is 3. The number of hydrogen-bond acceptors (Lipinski definition) is 4. The standard InChI is InChI=1S/C26H28FN3O2/c1-17-7-8-18(12-25(31)32)11-20(17)9-10-28-26(19-5-3-2-4-6-19)21-13-23-24(29-15-21)14-22(27)16-30-23/h2-8,11,14,16,21,26,28-29H,9-10,12-13,15H2,1H3,(H,31,32)/t21-,26-/m1/s1. The third-order valence-corrected chi connectivity index (χ3v) is 6.10. The van der Waals surface area contributed by atoms with E-state index in [9.17, 15) is 9.18 Å². The number of pyridine rings is 1. The molecule has 1 aliphatic heterocycles. The van der Waals surface area contributed by atoms with Crippen LogP contribution in [0, 0.1) is 18.7 Å². The monoisotopic (exact) mass is 433 g/mol. The van der Waals surface area contributed by atoms with E-state index in [4.69, 9.17) is 5.11 Å². The van der Waals surface area contributed by atoms with Crippen molar-refractivity contribution in [1.82, 2.24) is 10.3 Å². The molecule has 4 rings (SSSR count). The largest absolute Gasteiger partial charge is 0.481 e. The van der Waals surface area contributed by atoms with Gasteiger partial charge < -0.3 is 15.7 Å². The second kappa shape index (κ2) is 9.92. The number of carboxylic acid groups (broad SMARTS) is 1. The molecular formula is C26H28FN3O2. The summed E-state index contributed by atoms with van der Waals surface area (Å²) in [6.07, 6.45) is 2.89. The van der Waals surface area contributed by atoms with E-state index in [-0.39, 0.29) is 24.2 Å². The van der Waals surface area contributed by atoms with Crippen LogP contribution in [0.2, 0.25) is 0 Å². The van der Waals surface area contributed by atoms with Crippen LogP contribution in [0.25, 0.3) is 0 Å². The highest BCUT2D eigenvalue weighted by molar-refractivity contribution is 5.70. The van der Waals surface area contributed by atoms with E-state index in [1.54, 1.807) is 0 Å². The molecule has 0 aliphatic carbocycles. The van der Waals surface area contributed by atoms with Crippen molar-refractivity contribution in [3.05, 3.63) is 94.6 Å². The van der Waals surface area contributed by atoms with Crippen LogP contribution >= 0.6 is 0 Å². The highest BCUT2D eigenvalue weighted by atomic mass is 19.1. The number of fused-ring (bicyclic) bond motifs is 1. The first-order valence-electron chi connectivity index (χ1n) is 11.0. The molecular weight excluding hydrogens is 405 g/mol. The number of rotatable bonds is 8. The van der Waals surface area contributed by atoms with Gasteiger partial charge in [0.25, 0.3) is 0 Å². The summed E-state index contributed by atoms with van der Waals surface area (Å²) in [7, 11) is 0. The molecule has 0 saturated carbocycles. The molecule has 2 aromatic carbocycles. The van der Waals surface area contributed by atoms with E-state index in [0.717, 1.165) is 54.0 Å². The third-order valence-electron chi connectivity index (χ3n) is 6.10. The summed E-state index contributed by atoms with van der Waals surface area (Å²) in [6, 6.07) is 17.9. The van der Waals surface area contributed by atoms with E-state index < -0.39 is 5.97 Å². The second-order valence-corrected chi connectivity index (χ2v) is 8.42. The Morgan fingerprint density at radius 3 is 2.84 bits per heavy atom. The van der Waals surface area contributed by atoms with E-state index in [1.807, 2.05) is 36.4 Å². The molecule has 0 saturated heterocycles. The fourth-order valence-electron chi connectivity index (χ4n) is 4.44. The lowest BCUT2D eigenvalue weighted by atomic mass is 9.86. The third kappa shape index (κ3) is 5.32. The minimum Gasteiger partial charge on any atom is -0.481 e. The minimum absolute atomic E-state index is 0.0358. The molecule has 0 unspecified atom stereocenters. The molecule has 2 atom stereocenters. The van der Waals surface area contributed by atoms with Crippen LogP contribution in [0.1, 0.15) is 34.0 Å². The summed E-state index contributed by atoms with van der Waals surface area (Å²) < 4.78 is 13.5. The van der Waals surface area contributed by atoms with Gasteiger partial charge in [0.15, 0.2) is 0 Å². The number of carbonyl (C=O) groups is 1. The average molecular weight is 434 g/mol. The van der Waals surface area contributed by atoms with E-state index in [1.165, 1.54) is 17.8 Å². The van der Waals surface area contributed by atoms with Gasteiger partial charge in [0.05, 0.1) is 24.0 Å². The van der Waals surface area contributed by atoms with Gasteiger partial charge in [-0.05, 0) is 48.6 Å². The predicted molar refractivity (Wildman–Crippen MR) is 123 cm³/mol. The minimum atomic E-state index is -0.819. The van der Waals surface area contributed by atoms with Crippen LogP contribution in [0.15, 0.2) is 60.8 Å². The summed E-state index contributed by atoms with van der Waals surface area (Å²) in [5, 5.41) is 16.2. The maximum absolute atomic E-state index is 13.5. The van der Waals surface area contributed by atoms with Gasteiger partial charge in [-0.2, -0.15) is 0 Å². The molecule has 0 amide bonds. The van der Waals surface area contributed by atoms with Gasteiger partial charge in [0.2, 0.25) is 0 Å². The van der Waals surface area contributed by atoms with Crippen molar-refractivity contribution in [2.45, 2.75) is 32.2 Å². The second-order valence-electron chi connectivity index (χ2n) is 8.42. The lowest BCUT2D eigenvalue weighted by Gasteiger charge is -2.33. The highest BCUT2D eigenvalue weighted by Crippen LogP contribution is 2.31. The summed E-state index contributed by atoms with van der Waals surface area (Å²) >= 11 is 0. The zero-order chi connectivity index (χ0) is 22.5. The molecule has 1 aromatic heterocycles. The SMILES string of the molecule is Cc1ccc(CC(=O)O)cc1CCN[C@H](c1ccccc1)[C@H]1CNc2cc(F)cnc2C1. The topological polar surface area (TPSA) is 74.2 Å². The first-order valence-corrected chi connectivity index (χ1v) is 11.0. The number of nitrogens with zero attached hydrogens (tertiary/aromatic N) is 1. The van der Waals surface area contributed by atoms with Crippen molar-refractivity contribution in [2.24, 2.45) is 5.92 Å². The highest BCUT2D eigenvalue weighted by Gasteiger charge is 2.28. The molecule has 32 heavy (non-hydrogen) atoms. The molecule has 166 valence electrons. The van der Waals surface area contributed by atoms with Crippen LogP contribution in [-0.2, 0) is 24.1 Å². The molecule has 0 radical (unpaired) electrons. The maximum Gasteiger partial charge on any atom is 0.307 e. The van der Waals surface area contributed by atoms with Crippen LogP contribution < -0.4 is 10.6 Å². The lowest BCUT2D eigenvalue weighted by Crippen LogP contribution is -2.37. The number of carboxylic acids is 1. The normalized spacial score (nSPS) is 16.1. The van der Waals surface area contributed by atoms with Crippen LogP contribution in [-0.4, -0.2) is 29.1 Å². The molecule has 3 N–H and O–H groups in total. The Hall–Kier alpha value is -3.25. The molecule has 0 bridgehead atoms. The zero-order valence-electron chi connectivity index (χ0n) is 18.1. The number of nitrogens with one attached hydrogen (secondary N) is 2. The van der Waals surface area contributed by atoms with Gasteiger partial charge in [-0.15, -0.1) is 0 Å². The van der Waals surface area contributed by atoms with Crippen LogP contribution in [0.4, 0.5) is 10.1 Å². The van der Waals surface area contributed by atoms with Crippen molar-refractivity contribution in [3.8, 4) is 0 Å². The van der Waals surface area contributed by atoms with E-state index in [2.05, 4.69) is 34.7 Å². The van der Waals surface area contributed by atoms with E-state index >= 15 is 0 Å². The summed E-state index contributed by atoms with van der Waals surface area (Å²) in [6.45, 7) is 3.55. The fraction of sp³-hybridized carbons (Fsp3) is 0.308. The van der Waals surface area contributed by atoms with Gasteiger partial charge in [-0.25, -0.2) is 4.39 Å². The molecule has 0 spiro atoms. The van der Waals surface area contributed by atoms with Crippen molar-refractivity contribution >= 4 is 11.7 Å². The molecule has 2 heterocycles. The number of aryl methyl sites for hydroxylation is 1. The first kappa shape index (κ1) is 22.0. The van der Waals surface area contributed by atoms with Crippen molar-refractivity contribution in [2.75, 3.05) is 18.4 Å². The summed E-state index contributed by atoms with van der Waals surface area (Å²) in [5.41, 5.74) is 6.02. The maximum atomic E-state index is 13.5. The molecule has 5 nitrogen and oxygen atoms in total. The van der Waals surface area contributed by atoms with Gasteiger partial charge in [0.1, 0.15) is 5.82 Å². The number of anilines is 1. The van der Waals surface area contributed by atoms with E-state index in [0.29, 0.717) is 0 Å². The average Bonchev–Trinajstić information content (AvgIpc) is 2.78. The zero-order valence-corrected chi connectivity index (χ0v) is 18.1. The number of aromatic nitrogens is 1. The van der Waals surface area contributed by atoms with Crippen molar-refractivity contribution in [3.63, 3.8) is 0 Å². The van der Waals surface area contributed by atoms with Crippen LogP contribution in [0.3, 0.4) is 0 Å². The predicted octanol–water partition coefficient (Wildman–Crippen LogP) is 4.31. The molecule has 1 aliphatic rings. The van der Waals surface area contributed by atoms with Gasteiger partial charge in [-0.1, -0.05) is 48.5 Å².